The lowest BCUT2D eigenvalue weighted by Crippen LogP contribution is -2.27. The first-order valence-electron chi connectivity index (χ1n) is 11.1. The van der Waals surface area contributed by atoms with Crippen LogP contribution in [0.4, 0.5) is 0 Å². The monoisotopic (exact) mass is 389 g/mol. The van der Waals surface area contributed by atoms with Crippen molar-refractivity contribution in [3.63, 3.8) is 0 Å². The number of fused-ring (bicyclic) bond motifs is 1. The molecule has 2 aliphatic carbocycles. The lowest BCUT2D eigenvalue weighted by molar-refractivity contribution is 0.179. The van der Waals surface area contributed by atoms with Gasteiger partial charge in [0.1, 0.15) is 0 Å². The molecule has 0 spiro atoms. The van der Waals surface area contributed by atoms with Crippen molar-refractivity contribution in [2.24, 2.45) is 16.8 Å². The number of allylic oxidation sites excluding steroid dienone is 4. The molecule has 3 aliphatic rings. The maximum atomic E-state index is 5.47. The molecule has 154 valence electrons. The summed E-state index contributed by atoms with van der Waals surface area (Å²) in [7, 11) is 1.70. The molecule has 2 atom stereocenters. The van der Waals surface area contributed by atoms with Crippen LogP contribution in [0.2, 0.25) is 0 Å². The standard InChI is InChI=1S/C26H33N2O/c1-17-9-6-5-7-12-24(27-16-17)23-15-22(20-10-8-11-20)19(3)26-21(18(23)2)13-14-25(28-26)29-4/h6,9,13-14,16,19-20,22H,1,5,7-8,10-12,15H2,2-4H3/q-1/b9-6-,27-16?. The van der Waals surface area contributed by atoms with Crippen molar-refractivity contribution in [2.75, 3.05) is 7.11 Å². The van der Waals surface area contributed by atoms with Crippen molar-refractivity contribution in [1.82, 2.24) is 4.98 Å². The predicted molar refractivity (Wildman–Crippen MR) is 121 cm³/mol. The summed E-state index contributed by atoms with van der Waals surface area (Å²) >= 11 is 0. The van der Waals surface area contributed by atoms with E-state index in [0.717, 1.165) is 43.1 Å². The Labute approximate surface area is 175 Å². The van der Waals surface area contributed by atoms with Crippen molar-refractivity contribution in [1.29, 1.82) is 0 Å². The van der Waals surface area contributed by atoms with E-state index in [9.17, 15) is 0 Å². The number of hydrogen-bond donors (Lipinski definition) is 0. The van der Waals surface area contributed by atoms with E-state index < -0.39 is 0 Å². The van der Waals surface area contributed by atoms with Crippen LogP contribution in [0.3, 0.4) is 0 Å². The summed E-state index contributed by atoms with van der Waals surface area (Å²) in [6, 6.07) is 5.45. The van der Waals surface area contributed by atoms with Gasteiger partial charge in [-0.25, -0.2) is 4.98 Å². The third kappa shape index (κ3) is 4.05. The highest BCUT2D eigenvalue weighted by Crippen LogP contribution is 2.50. The molecule has 2 heterocycles. The lowest BCUT2D eigenvalue weighted by Gasteiger charge is -2.39. The predicted octanol–water partition coefficient (Wildman–Crippen LogP) is 6.69. The van der Waals surface area contributed by atoms with Gasteiger partial charge in [-0.15, -0.1) is 17.7 Å². The Kier molecular flexibility index (Phi) is 5.94. The van der Waals surface area contributed by atoms with E-state index in [2.05, 4.69) is 38.6 Å². The van der Waals surface area contributed by atoms with E-state index in [-0.39, 0.29) is 0 Å². The summed E-state index contributed by atoms with van der Waals surface area (Å²) in [5.41, 5.74) is 6.23. The molecule has 2 unspecified atom stereocenters. The van der Waals surface area contributed by atoms with Gasteiger partial charge in [0.05, 0.1) is 7.11 Å². The number of hydrogen-bond acceptors (Lipinski definition) is 3. The molecule has 0 saturated heterocycles. The van der Waals surface area contributed by atoms with Crippen molar-refractivity contribution in [2.45, 2.75) is 64.7 Å². The minimum atomic E-state index is 0.426. The molecular weight excluding hydrogens is 356 g/mol. The summed E-state index contributed by atoms with van der Waals surface area (Å²) < 4.78 is 5.47. The molecule has 0 aromatic carbocycles. The number of nitrogens with zero attached hydrogens (tertiary/aromatic N) is 2. The zero-order chi connectivity index (χ0) is 20.4. The first-order valence-corrected chi connectivity index (χ1v) is 11.1. The Hall–Kier alpha value is -2.29. The molecule has 1 fully saturated rings. The van der Waals surface area contributed by atoms with E-state index in [0.29, 0.717) is 11.8 Å². The highest BCUT2D eigenvalue weighted by atomic mass is 16.5. The molecule has 29 heavy (non-hydrogen) atoms. The third-order valence-corrected chi connectivity index (χ3v) is 7.08. The molecule has 1 saturated carbocycles. The van der Waals surface area contributed by atoms with Gasteiger partial charge in [-0.3, -0.25) is 0 Å². The van der Waals surface area contributed by atoms with Crippen LogP contribution in [-0.2, 0) is 0 Å². The van der Waals surface area contributed by atoms with Gasteiger partial charge in [-0.2, -0.15) is 0 Å². The molecule has 4 rings (SSSR count). The van der Waals surface area contributed by atoms with Gasteiger partial charge in [-0.05, 0) is 30.7 Å². The summed E-state index contributed by atoms with van der Waals surface area (Å²) in [5.74, 6) is 2.56. The fraction of sp³-hybridized carbons (Fsp3) is 0.500. The van der Waals surface area contributed by atoms with Crippen LogP contribution in [-0.4, -0.2) is 18.3 Å². The Balaban J connectivity index is 1.78. The largest absolute Gasteiger partial charge is 0.481 e. The molecule has 1 aromatic heterocycles. The SMILES string of the molecule is C=C1C=N[C-](C2=C(C)c3ccc(OC)nc3C(C)C(C3CCC3)C2)CCC/C=C\1. The van der Waals surface area contributed by atoms with Gasteiger partial charge in [-0.1, -0.05) is 87.6 Å². The van der Waals surface area contributed by atoms with Gasteiger partial charge in [0.15, 0.2) is 0 Å². The molecule has 0 bridgehead atoms. The number of aliphatic imine (C=N–C) groups is 1. The van der Waals surface area contributed by atoms with Crippen molar-refractivity contribution < 1.29 is 4.74 Å². The molecule has 1 aromatic rings. The number of aromatic nitrogens is 1. The maximum Gasteiger partial charge on any atom is 0.213 e. The first kappa shape index (κ1) is 20.0. The van der Waals surface area contributed by atoms with E-state index in [1.165, 1.54) is 47.7 Å². The molecule has 0 radical (unpaired) electrons. The molecule has 3 heteroatoms. The lowest BCUT2D eigenvalue weighted by atomic mass is 9.68. The quantitative estimate of drug-likeness (QED) is 0.540. The molecular formula is C26H33N2O-. The zero-order valence-electron chi connectivity index (χ0n) is 18.1. The fourth-order valence-corrected chi connectivity index (χ4v) is 5.06. The normalized spacial score (nSPS) is 26.7. The summed E-state index contributed by atoms with van der Waals surface area (Å²) in [6.45, 7) is 8.75. The van der Waals surface area contributed by atoms with Crippen LogP contribution in [0.1, 0.15) is 76.0 Å². The van der Waals surface area contributed by atoms with Crippen LogP contribution < -0.4 is 4.74 Å². The average Bonchev–Trinajstić information content (AvgIpc) is 2.75. The Morgan fingerprint density at radius 3 is 2.76 bits per heavy atom. The Morgan fingerprint density at radius 2 is 2.03 bits per heavy atom. The van der Waals surface area contributed by atoms with Crippen molar-refractivity contribution >= 4 is 11.8 Å². The summed E-state index contributed by atoms with van der Waals surface area (Å²) in [5, 5.41) is 0. The van der Waals surface area contributed by atoms with Gasteiger partial charge in [0.2, 0.25) is 5.88 Å². The van der Waals surface area contributed by atoms with E-state index in [4.69, 9.17) is 14.7 Å². The smallest absolute Gasteiger partial charge is 0.213 e. The minimum Gasteiger partial charge on any atom is -0.481 e. The second kappa shape index (κ2) is 8.61. The molecule has 3 nitrogen and oxygen atoms in total. The highest BCUT2D eigenvalue weighted by Gasteiger charge is 2.36. The number of ether oxygens (including phenoxy) is 1. The molecule has 0 N–H and O–H groups in total. The third-order valence-electron chi connectivity index (χ3n) is 7.08. The summed E-state index contributed by atoms with van der Waals surface area (Å²) in [4.78, 5) is 9.87. The molecule has 0 amide bonds. The first-order chi connectivity index (χ1) is 14.1. The highest BCUT2D eigenvalue weighted by molar-refractivity contribution is 5.83. The van der Waals surface area contributed by atoms with E-state index in [1.54, 1.807) is 7.11 Å². The topological polar surface area (TPSA) is 34.5 Å². The fourth-order valence-electron chi connectivity index (χ4n) is 5.06. The van der Waals surface area contributed by atoms with Crippen LogP contribution >= 0.6 is 0 Å². The van der Waals surface area contributed by atoms with E-state index in [1.807, 2.05) is 12.3 Å². The zero-order valence-corrected chi connectivity index (χ0v) is 18.1. The van der Waals surface area contributed by atoms with Gasteiger partial charge < -0.3 is 9.73 Å². The van der Waals surface area contributed by atoms with Crippen LogP contribution in [0.5, 0.6) is 5.88 Å². The number of methoxy groups -OCH3 is 1. The second-order valence-electron chi connectivity index (χ2n) is 8.81. The average molecular weight is 390 g/mol. The van der Waals surface area contributed by atoms with Crippen molar-refractivity contribution in [3.8, 4) is 5.88 Å². The summed E-state index contributed by atoms with van der Waals surface area (Å²) in [6.07, 6.45) is 14.6. The Bertz CT molecular complexity index is 859. The van der Waals surface area contributed by atoms with Crippen molar-refractivity contribution in [3.05, 3.63) is 59.3 Å². The maximum absolute atomic E-state index is 5.47. The number of pyridine rings is 1. The van der Waals surface area contributed by atoms with Crippen LogP contribution in [0.15, 0.2) is 47.0 Å². The number of rotatable bonds is 3. The van der Waals surface area contributed by atoms with Gasteiger partial charge in [0.25, 0.3) is 0 Å². The minimum absolute atomic E-state index is 0.426. The Morgan fingerprint density at radius 1 is 1.21 bits per heavy atom. The van der Waals surface area contributed by atoms with Crippen LogP contribution in [0, 0.1) is 17.9 Å². The second-order valence-corrected chi connectivity index (χ2v) is 8.81. The van der Waals surface area contributed by atoms with Gasteiger partial charge >= 0.3 is 0 Å². The van der Waals surface area contributed by atoms with E-state index >= 15 is 0 Å². The van der Waals surface area contributed by atoms with Gasteiger partial charge in [0, 0.05) is 11.6 Å². The van der Waals surface area contributed by atoms with Crippen LogP contribution in [0.25, 0.3) is 5.57 Å². The molecule has 1 aliphatic heterocycles.